The quantitative estimate of drug-likeness (QED) is 0.601. The van der Waals surface area contributed by atoms with Crippen LogP contribution in [0.5, 0.6) is 0 Å². The lowest BCUT2D eigenvalue weighted by atomic mass is 10.1. The lowest BCUT2D eigenvalue weighted by Crippen LogP contribution is -2.34. The average molecular weight is 264 g/mol. The van der Waals surface area contributed by atoms with Gasteiger partial charge in [0.05, 0.1) is 6.61 Å². The Balaban J connectivity index is 2.35. The van der Waals surface area contributed by atoms with E-state index in [2.05, 4.69) is 16.8 Å². The maximum absolute atomic E-state index is 11.7. The summed E-state index contributed by atoms with van der Waals surface area (Å²) < 4.78 is 1.34. The van der Waals surface area contributed by atoms with Crippen LogP contribution in [0, 0.1) is 23.2 Å². The average Bonchev–Trinajstić information content (AvgIpc) is 3.09. The highest BCUT2D eigenvalue weighted by atomic mass is 16.3. The van der Waals surface area contributed by atoms with Gasteiger partial charge in [0.1, 0.15) is 5.56 Å². The highest BCUT2D eigenvalue weighted by Crippen LogP contribution is 2.52. The zero-order chi connectivity index (χ0) is 14.0. The first kappa shape index (κ1) is 13.6. The molecule has 2 unspecified atom stereocenters. The monoisotopic (exact) mass is 264 g/mol. The predicted octanol–water partition coefficient (Wildman–Crippen LogP) is -1.10. The molecule has 1 aliphatic rings. The highest BCUT2D eigenvalue weighted by Gasteiger charge is 2.53. The van der Waals surface area contributed by atoms with Gasteiger partial charge >= 0.3 is 5.69 Å². The molecule has 0 bridgehead atoms. The largest absolute Gasteiger partial charge is 0.396 e. The molecule has 0 saturated heterocycles. The number of H-pyrrole nitrogens is 1. The SMILES string of the molecule is CC#Cc1cn(CC2(CO)CC2CO)c(=O)[nH]c1=O. The van der Waals surface area contributed by atoms with Crippen molar-refractivity contribution >= 4 is 0 Å². The Morgan fingerprint density at radius 2 is 2.26 bits per heavy atom. The van der Waals surface area contributed by atoms with Crippen molar-refractivity contribution in [3.8, 4) is 11.8 Å². The molecule has 0 spiro atoms. The van der Waals surface area contributed by atoms with Crippen LogP contribution < -0.4 is 11.2 Å². The van der Waals surface area contributed by atoms with Crippen molar-refractivity contribution in [2.45, 2.75) is 19.9 Å². The lowest BCUT2D eigenvalue weighted by Gasteiger charge is -2.15. The van der Waals surface area contributed by atoms with Gasteiger partial charge in [0, 0.05) is 24.8 Å². The first-order valence-electron chi connectivity index (χ1n) is 6.04. The predicted molar refractivity (Wildman–Crippen MR) is 68.6 cm³/mol. The first-order chi connectivity index (χ1) is 9.06. The van der Waals surface area contributed by atoms with Crippen LogP contribution in [0.4, 0.5) is 0 Å². The summed E-state index contributed by atoms with van der Waals surface area (Å²) >= 11 is 0. The van der Waals surface area contributed by atoms with Gasteiger partial charge in [-0.05, 0) is 19.3 Å². The van der Waals surface area contributed by atoms with E-state index < -0.39 is 16.7 Å². The second-order valence-electron chi connectivity index (χ2n) is 4.91. The van der Waals surface area contributed by atoms with Gasteiger partial charge in [-0.1, -0.05) is 5.92 Å². The maximum atomic E-state index is 11.7. The van der Waals surface area contributed by atoms with Crippen LogP contribution >= 0.6 is 0 Å². The Kier molecular flexibility index (Phi) is 3.60. The number of hydrogen-bond acceptors (Lipinski definition) is 4. The van der Waals surface area contributed by atoms with Crippen LogP contribution in [0.1, 0.15) is 18.9 Å². The van der Waals surface area contributed by atoms with Gasteiger partial charge in [0.2, 0.25) is 0 Å². The standard InChI is InChI=1S/C13H16N2O4/c1-2-3-9-5-15(12(19)14-11(9)18)7-13(8-17)4-10(13)6-16/h5,10,16-17H,4,6-8H2,1H3,(H,14,18,19). The summed E-state index contributed by atoms with van der Waals surface area (Å²) in [6, 6.07) is 0. The van der Waals surface area contributed by atoms with E-state index in [1.165, 1.54) is 10.8 Å². The zero-order valence-electron chi connectivity index (χ0n) is 10.6. The molecule has 0 radical (unpaired) electrons. The summed E-state index contributed by atoms with van der Waals surface area (Å²) in [6.45, 7) is 1.76. The smallest absolute Gasteiger partial charge is 0.328 e. The van der Waals surface area contributed by atoms with E-state index in [-0.39, 0.29) is 31.2 Å². The number of nitrogens with zero attached hydrogens (tertiary/aromatic N) is 1. The second-order valence-corrected chi connectivity index (χ2v) is 4.91. The van der Waals surface area contributed by atoms with E-state index in [0.717, 1.165) is 0 Å². The fourth-order valence-electron chi connectivity index (χ4n) is 2.32. The van der Waals surface area contributed by atoms with E-state index >= 15 is 0 Å². The van der Waals surface area contributed by atoms with Gasteiger partial charge < -0.3 is 10.2 Å². The summed E-state index contributed by atoms with van der Waals surface area (Å²) in [6.07, 6.45) is 2.07. The topological polar surface area (TPSA) is 95.3 Å². The van der Waals surface area contributed by atoms with Crippen molar-refractivity contribution in [2.75, 3.05) is 13.2 Å². The van der Waals surface area contributed by atoms with Gasteiger partial charge in [-0.2, -0.15) is 0 Å². The van der Waals surface area contributed by atoms with E-state index in [4.69, 9.17) is 5.11 Å². The molecule has 6 heteroatoms. The van der Waals surface area contributed by atoms with Crippen molar-refractivity contribution in [1.82, 2.24) is 9.55 Å². The van der Waals surface area contributed by atoms with E-state index in [1.54, 1.807) is 6.92 Å². The maximum Gasteiger partial charge on any atom is 0.328 e. The van der Waals surface area contributed by atoms with Crippen molar-refractivity contribution in [3.63, 3.8) is 0 Å². The molecule has 1 saturated carbocycles. The minimum atomic E-state index is -0.525. The number of nitrogens with one attached hydrogen (secondary N) is 1. The van der Waals surface area contributed by atoms with Gasteiger partial charge in [0.25, 0.3) is 5.56 Å². The second kappa shape index (κ2) is 5.03. The molecular formula is C13H16N2O4. The molecule has 19 heavy (non-hydrogen) atoms. The Morgan fingerprint density at radius 1 is 1.53 bits per heavy atom. The summed E-state index contributed by atoms with van der Waals surface area (Å²) in [7, 11) is 0. The highest BCUT2D eigenvalue weighted by molar-refractivity contribution is 5.28. The van der Waals surface area contributed by atoms with E-state index in [9.17, 15) is 14.7 Å². The Morgan fingerprint density at radius 3 is 2.79 bits per heavy atom. The fourth-order valence-corrected chi connectivity index (χ4v) is 2.32. The van der Waals surface area contributed by atoms with E-state index in [1.807, 2.05) is 0 Å². The van der Waals surface area contributed by atoms with Gasteiger partial charge in [0.15, 0.2) is 0 Å². The minimum Gasteiger partial charge on any atom is -0.396 e. The molecular weight excluding hydrogens is 248 g/mol. The molecule has 3 N–H and O–H groups in total. The van der Waals surface area contributed by atoms with Crippen molar-refractivity contribution in [1.29, 1.82) is 0 Å². The van der Waals surface area contributed by atoms with Gasteiger partial charge in [-0.15, -0.1) is 5.92 Å². The van der Waals surface area contributed by atoms with Crippen molar-refractivity contribution < 1.29 is 10.2 Å². The van der Waals surface area contributed by atoms with E-state index in [0.29, 0.717) is 6.42 Å². The third kappa shape index (κ3) is 2.48. The molecule has 1 fully saturated rings. The van der Waals surface area contributed by atoms with Crippen LogP contribution in [0.25, 0.3) is 0 Å². The third-order valence-corrected chi connectivity index (χ3v) is 3.65. The number of aromatic nitrogens is 2. The molecule has 0 amide bonds. The number of aromatic amines is 1. The van der Waals surface area contributed by atoms with Crippen molar-refractivity contribution in [3.05, 3.63) is 32.6 Å². The molecule has 1 aromatic rings. The lowest BCUT2D eigenvalue weighted by molar-refractivity contribution is 0.156. The number of rotatable bonds is 4. The number of hydrogen-bond donors (Lipinski definition) is 3. The van der Waals surface area contributed by atoms with Crippen LogP contribution in [0.3, 0.4) is 0 Å². The van der Waals surface area contributed by atoms with Crippen LogP contribution in [0.15, 0.2) is 15.8 Å². The summed E-state index contributed by atoms with van der Waals surface area (Å²) in [5, 5.41) is 18.5. The fraction of sp³-hybridized carbons (Fsp3) is 0.538. The molecule has 0 aromatic carbocycles. The Bertz CT molecular complexity index is 649. The molecule has 1 aromatic heterocycles. The number of aliphatic hydroxyl groups excluding tert-OH is 2. The third-order valence-electron chi connectivity index (χ3n) is 3.65. The Labute approximate surface area is 109 Å². The molecule has 1 heterocycles. The zero-order valence-corrected chi connectivity index (χ0v) is 10.6. The van der Waals surface area contributed by atoms with Gasteiger partial charge in [-0.25, -0.2) is 4.79 Å². The van der Waals surface area contributed by atoms with Crippen molar-refractivity contribution in [2.24, 2.45) is 11.3 Å². The summed E-state index contributed by atoms with van der Waals surface area (Å²) in [5.41, 5.74) is -1.28. The first-order valence-corrected chi connectivity index (χ1v) is 6.04. The molecule has 1 aliphatic carbocycles. The number of aliphatic hydroxyl groups is 2. The van der Waals surface area contributed by atoms with Crippen LogP contribution in [-0.4, -0.2) is 33.0 Å². The molecule has 102 valence electrons. The molecule has 2 atom stereocenters. The summed E-state index contributed by atoms with van der Waals surface area (Å²) in [4.78, 5) is 25.4. The minimum absolute atomic E-state index is 0.00274. The Hall–Kier alpha value is -1.84. The molecule has 0 aliphatic heterocycles. The molecule has 2 rings (SSSR count). The normalized spacial score (nSPS) is 24.7. The van der Waals surface area contributed by atoms with Crippen LogP contribution in [-0.2, 0) is 6.54 Å². The van der Waals surface area contributed by atoms with Gasteiger partial charge in [-0.3, -0.25) is 14.3 Å². The summed E-state index contributed by atoms with van der Waals surface area (Å²) in [5.74, 6) is 5.23. The molecule has 6 nitrogen and oxygen atoms in total. The van der Waals surface area contributed by atoms with Crippen LogP contribution in [0.2, 0.25) is 0 Å².